The van der Waals surface area contributed by atoms with Crippen LogP contribution in [0.15, 0.2) is 30.5 Å². The third-order valence-corrected chi connectivity index (χ3v) is 3.61. The molecule has 1 unspecified atom stereocenters. The largest absolute Gasteiger partial charge is 0.480 e. The highest BCUT2D eigenvalue weighted by Crippen LogP contribution is 2.20. The fraction of sp³-hybridized carbons (Fsp3) is 0.286. The predicted octanol–water partition coefficient (Wildman–Crippen LogP) is 0.667. The maximum absolute atomic E-state index is 12.6. The summed E-state index contributed by atoms with van der Waals surface area (Å²) >= 11 is 0. The van der Waals surface area contributed by atoms with Gasteiger partial charge in [0.05, 0.1) is 0 Å². The molecule has 0 bridgehead atoms. The molecule has 6 heteroatoms. The lowest BCUT2D eigenvalue weighted by molar-refractivity contribution is -0.142. The second kappa shape index (κ2) is 4.97. The Balaban J connectivity index is 1.98. The zero-order valence-electron chi connectivity index (χ0n) is 10.8. The molecule has 0 aliphatic carbocycles. The topological polar surface area (TPSA) is 85.4 Å². The zero-order valence-corrected chi connectivity index (χ0v) is 10.8. The van der Waals surface area contributed by atoms with E-state index in [9.17, 15) is 14.7 Å². The third kappa shape index (κ3) is 2.04. The molecule has 1 aliphatic heterocycles. The van der Waals surface area contributed by atoms with E-state index in [2.05, 4.69) is 10.3 Å². The van der Waals surface area contributed by atoms with E-state index in [0.29, 0.717) is 18.7 Å². The predicted molar refractivity (Wildman–Crippen MR) is 73.6 cm³/mol. The lowest BCUT2D eigenvalue weighted by atomic mass is 10.1. The molecule has 0 saturated carbocycles. The van der Waals surface area contributed by atoms with Gasteiger partial charge >= 0.3 is 5.97 Å². The Hall–Kier alpha value is -2.34. The van der Waals surface area contributed by atoms with Gasteiger partial charge in [-0.2, -0.15) is 0 Å². The van der Waals surface area contributed by atoms with Crippen LogP contribution in [0.5, 0.6) is 0 Å². The van der Waals surface area contributed by atoms with Gasteiger partial charge in [0.25, 0.3) is 5.91 Å². The molecule has 2 heterocycles. The molecule has 3 rings (SSSR count). The summed E-state index contributed by atoms with van der Waals surface area (Å²) in [6, 6.07) is 6.44. The number of piperazine rings is 1. The van der Waals surface area contributed by atoms with Gasteiger partial charge in [0.1, 0.15) is 6.04 Å². The van der Waals surface area contributed by atoms with Crippen molar-refractivity contribution in [2.75, 3.05) is 19.6 Å². The molecule has 1 fully saturated rings. The quantitative estimate of drug-likeness (QED) is 0.750. The van der Waals surface area contributed by atoms with Crippen molar-refractivity contribution in [3.05, 3.63) is 36.0 Å². The van der Waals surface area contributed by atoms with E-state index in [1.54, 1.807) is 18.3 Å². The van der Waals surface area contributed by atoms with E-state index in [0.717, 1.165) is 10.9 Å². The Morgan fingerprint density at radius 2 is 2.15 bits per heavy atom. The van der Waals surface area contributed by atoms with Crippen molar-refractivity contribution in [2.45, 2.75) is 6.04 Å². The number of fused-ring (bicyclic) bond motifs is 1. The average Bonchev–Trinajstić information content (AvgIpc) is 2.94. The number of carboxylic acids is 1. The number of nitrogens with one attached hydrogen (secondary N) is 2. The van der Waals surface area contributed by atoms with Crippen LogP contribution in [-0.2, 0) is 4.79 Å². The van der Waals surface area contributed by atoms with Gasteiger partial charge < -0.3 is 20.3 Å². The summed E-state index contributed by atoms with van der Waals surface area (Å²) in [5, 5.41) is 13.1. The van der Waals surface area contributed by atoms with Crippen molar-refractivity contribution in [1.29, 1.82) is 0 Å². The second-order valence-electron chi connectivity index (χ2n) is 4.80. The first-order chi connectivity index (χ1) is 9.68. The maximum Gasteiger partial charge on any atom is 0.327 e. The number of hydrogen-bond donors (Lipinski definition) is 3. The van der Waals surface area contributed by atoms with Crippen LogP contribution in [-0.4, -0.2) is 52.5 Å². The molecule has 0 spiro atoms. The Morgan fingerprint density at radius 1 is 1.30 bits per heavy atom. The number of H-pyrrole nitrogens is 1. The molecule has 1 saturated heterocycles. The number of benzene rings is 1. The number of aromatic nitrogens is 1. The van der Waals surface area contributed by atoms with E-state index < -0.39 is 12.0 Å². The summed E-state index contributed by atoms with van der Waals surface area (Å²) in [7, 11) is 0. The van der Waals surface area contributed by atoms with Crippen molar-refractivity contribution < 1.29 is 14.7 Å². The molecule has 6 nitrogen and oxygen atoms in total. The highest BCUT2D eigenvalue weighted by molar-refractivity contribution is 6.07. The number of carbonyl (C=O) groups excluding carboxylic acids is 1. The van der Waals surface area contributed by atoms with Crippen LogP contribution in [0, 0.1) is 0 Å². The van der Waals surface area contributed by atoms with Gasteiger partial charge in [-0.15, -0.1) is 0 Å². The lowest BCUT2D eigenvalue weighted by Crippen LogP contribution is -2.57. The fourth-order valence-electron chi connectivity index (χ4n) is 2.59. The van der Waals surface area contributed by atoms with Crippen molar-refractivity contribution in [2.24, 2.45) is 0 Å². The van der Waals surface area contributed by atoms with Crippen molar-refractivity contribution in [1.82, 2.24) is 15.2 Å². The van der Waals surface area contributed by atoms with Gasteiger partial charge in [0.15, 0.2) is 0 Å². The molecule has 1 aromatic carbocycles. The van der Waals surface area contributed by atoms with Crippen LogP contribution >= 0.6 is 0 Å². The number of carboxylic acid groups (broad SMARTS) is 1. The van der Waals surface area contributed by atoms with Crippen LogP contribution in [0.25, 0.3) is 10.9 Å². The normalized spacial score (nSPS) is 19.2. The number of hydrogen-bond acceptors (Lipinski definition) is 3. The lowest BCUT2D eigenvalue weighted by Gasteiger charge is -2.33. The number of carbonyl (C=O) groups is 2. The first kappa shape index (κ1) is 12.7. The summed E-state index contributed by atoms with van der Waals surface area (Å²) in [4.78, 5) is 28.4. The maximum atomic E-state index is 12.6. The minimum absolute atomic E-state index is 0.232. The summed E-state index contributed by atoms with van der Waals surface area (Å²) in [5.74, 6) is -1.21. The van der Waals surface area contributed by atoms with Gasteiger partial charge in [-0.3, -0.25) is 4.79 Å². The molecule has 3 N–H and O–H groups in total. The molecule has 1 atom stereocenters. The van der Waals surface area contributed by atoms with Crippen LogP contribution in [0.4, 0.5) is 0 Å². The first-order valence-corrected chi connectivity index (χ1v) is 6.49. The van der Waals surface area contributed by atoms with Gasteiger partial charge in [-0.1, -0.05) is 6.07 Å². The van der Waals surface area contributed by atoms with Gasteiger partial charge in [-0.25, -0.2) is 4.79 Å². The van der Waals surface area contributed by atoms with Gasteiger partial charge in [0.2, 0.25) is 0 Å². The van der Waals surface area contributed by atoms with E-state index >= 15 is 0 Å². The minimum atomic E-state index is -0.980. The minimum Gasteiger partial charge on any atom is -0.480 e. The molecule has 1 aliphatic rings. The molecule has 1 amide bonds. The van der Waals surface area contributed by atoms with Gasteiger partial charge in [-0.05, 0) is 18.2 Å². The van der Waals surface area contributed by atoms with Crippen LogP contribution in [0.2, 0.25) is 0 Å². The molecule has 104 valence electrons. The monoisotopic (exact) mass is 273 g/mol. The molecule has 1 aromatic heterocycles. The Bertz CT molecular complexity index is 664. The van der Waals surface area contributed by atoms with Crippen LogP contribution in [0.1, 0.15) is 10.4 Å². The van der Waals surface area contributed by atoms with E-state index in [1.165, 1.54) is 4.90 Å². The zero-order chi connectivity index (χ0) is 14.1. The summed E-state index contributed by atoms with van der Waals surface area (Å²) in [6.07, 6.45) is 1.77. The summed E-state index contributed by atoms with van der Waals surface area (Å²) < 4.78 is 0. The Labute approximate surface area is 115 Å². The fourth-order valence-corrected chi connectivity index (χ4v) is 2.59. The van der Waals surface area contributed by atoms with Crippen LogP contribution in [0.3, 0.4) is 0 Å². The van der Waals surface area contributed by atoms with E-state index in [-0.39, 0.29) is 12.5 Å². The standard InChI is InChI=1S/C14H15N3O3/c18-13(17-7-6-15-8-12(17)14(19)20)10-2-1-3-11-9(10)4-5-16-11/h1-5,12,15-16H,6-8H2,(H,19,20). The second-order valence-corrected chi connectivity index (χ2v) is 4.80. The Kier molecular flexibility index (Phi) is 3.15. The van der Waals surface area contributed by atoms with E-state index in [4.69, 9.17) is 0 Å². The van der Waals surface area contributed by atoms with Gasteiger partial charge in [0, 0.05) is 42.3 Å². The molecule has 2 aromatic rings. The number of amides is 1. The third-order valence-electron chi connectivity index (χ3n) is 3.61. The number of aromatic amines is 1. The average molecular weight is 273 g/mol. The molecular formula is C14H15N3O3. The number of nitrogens with zero attached hydrogens (tertiary/aromatic N) is 1. The Morgan fingerprint density at radius 3 is 2.95 bits per heavy atom. The molecule has 0 radical (unpaired) electrons. The van der Waals surface area contributed by atoms with E-state index in [1.807, 2.05) is 12.1 Å². The highest BCUT2D eigenvalue weighted by atomic mass is 16.4. The number of rotatable bonds is 2. The van der Waals surface area contributed by atoms with Crippen molar-refractivity contribution in [3.63, 3.8) is 0 Å². The first-order valence-electron chi connectivity index (χ1n) is 6.49. The number of aliphatic carboxylic acids is 1. The van der Waals surface area contributed by atoms with Crippen molar-refractivity contribution >= 4 is 22.8 Å². The highest BCUT2D eigenvalue weighted by Gasteiger charge is 2.32. The molecular weight excluding hydrogens is 258 g/mol. The SMILES string of the molecule is O=C(O)C1CNCCN1C(=O)c1cccc2[nH]ccc12. The van der Waals surface area contributed by atoms with Crippen molar-refractivity contribution in [3.8, 4) is 0 Å². The smallest absolute Gasteiger partial charge is 0.327 e. The summed E-state index contributed by atoms with van der Waals surface area (Å²) in [5.41, 5.74) is 1.41. The summed E-state index contributed by atoms with van der Waals surface area (Å²) in [6.45, 7) is 1.29. The molecule has 20 heavy (non-hydrogen) atoms. The van der Waals surface area contributed by atoms with Crippen LogP contribution < -0.4 is 5.32 Å².